The summed E-state index contributed by atoms with van der Waals surface area (Å²) in [7, 11) is 2.18. The molecule has 134 valence electrons. The Morgan fingerprint density at radius 3 is 2.69 bits per heavy atom. The van der Waals surface area contributed by atoms with Gasteiger partial charge in [-0.05, 0) is 61.4 Å². The lowest BCUT2D eigenvalue weighted by Crippen LogP contribution is -2.42. The zero-order valence-corrected chi connectivity index (χ0v) is 15.7. The van der Waals surface area contributed by atoms with Gasteiger partial charge in [0.2, 0.25) is 0 Å². The molecule has 3 heteroatoms. The van der Waals surface area contributed by atoms with Gasteiger partial charge >= 0.3 is 0 Å². The topological polar surface area (TPSA) is 19.0 Å². The summed E-state index contributed by atoms with van der Waals surface area (Å²) in [6.07, 6.45) is 0.835. The monoisotopic (exact) mass is 348 g/mol. The maximum absolute atomic E-state index is 13.2. The van der Waals surface area contributed by atoms with E-state index in [0.29, 0.717) is 0 Å². The van der Waals surface area contributed by atoms with E-state index in [4.69, 9.17) is 0 Å². The number of H-pyrrole nitrogens is 1. The van der Waals surface area contributed by atoms with Gasteiger partial charge in [-0.3, -0.25) is 0 Å². The van der Waals surface area contributed by atoms with E-state index >= 15 is 0 Å². The SMILES string of the molecule is C=C(C[C@]1(C)CN(C)Cc2c1[nH]c1ccc(C)cc21)c1ccc(F)cc1. The molecule has 2 nitrogen and oxygen atoms in total. The van der Waals surface area contributed by atoms with E-state index < -0.39 is 0 Å². The van der Waals surface area contributed by atoms with Crippen molar-refractivity contribution < 1.29 is 4.39 Å². The predicted octanol–water partition coefficient (Wildman–Crippen LogP) is 5.42. The van der Waals surface area contributed by atoms with Crippen LogP contribution in [0.5, 0.6) is 0 Å². The Kier molecular flexibility index (Phi) is 4.00. The van der Waals surface area contributed by atoms with Crippen LogP contribution in [0.3, 0.4) is 0 Å². The summed E-state index contributed by atoms with van der Waals surface area (Å²) >= 11 is 0. The zero-order chi connectivity index (χ0) is 18.5. The fraction of sp³-hybridized carbons (Fsp3) is 0.304. The molecule has 1 aliphatic rings. The Morgan fingerprint density at radius 1 is 1.23 bits per heavy atom. The molecule has 1 aliphatic heterocycles. The second-order valence-electron chi connectivity index (χ2n) is 8.05. The number of aromatic amines is 1. The van der Waals surface area contributed by atoms with Gasteiger partial charge in [0.15, 0.2) is 0 Å². The van der Waals surface area contributed by atoms with Crippen LogP contribution >= 0.6 is 0 Å². The van der Waals surface area contributed by atoms with Crippen LogP contribution in [-0.4, -0.2) is 23.5 Å². The number of benzene rings is 2. The molecule has 0 amide bonds. The third-order valence-corrected chi connectivity index (χ3v) is 5.57. The standard InChI is InChI=1S/C23H25FN2/c1-15-5-10-21-19(11-15)20-13-26(4)14-23(3,22(20)25-21)12-16(2)17-6-8-18(24)9-7-17/h5-11,25H,2,12-14H2,1,3-4H3/t23-/m1/s1. The smallest absolute Gasteiger partial charge is 0.123 e. The predicted molar refractivity (Wildman–Crippen MR) is 107 cm³/mol. The third kappa shape index (κ3) is 2.86. The Labute approximate surface area is 154 Å². The maximum atomic E-state index is 13.2. The number of aromatic nitrogens is 1. The number of allylic oxidation sites excluding steroid dienone is 1. The molecule has 0 saturated heterocycles. The van der Waals surface area contributed by atoms with Crippen molar-refractivity contribution in [3.8, 4) is 0 Å². The van der Waals surface area contributed by atoms with Gasteiger partial charge in [0.25, 0.3) is 0 Å². The lowest BCUT2D eigenvalue weighted by Gasteiger charge is -2.39. The Hall–Kier alpha value is -2.39. The van der Waals surface area contributed by atoms with Crippen molar-refractivity contribution in [2.45, 2.75) is 32.2 Å². The second-order valence-corrected chi connectivity index (χ2v) is 8.05. The summed E-state index contributed by atoms with van der Waals surface area (Å²) in [5, 5.41) is 1.32. The second kappa shape index (κ2) is 6.10. The van der Waals surface area contributed by atoms with Gasteiger partial charge in [0, 0.05) is 35.1 Å². The molecule has 0 fully saturated rings. The largest absolute Gasteiger partial charge is 0.358 e. The number of rotatable bonds is 3. The molecule has 0 aliphatic carbocycles. The van der Waals surface area contributed by atoms with E-state index in [2.05, 4.69) is 55.6 Å². The molecule has 2 heterocycles. The van der Waals surface area contributed by atoms with Gasteiger partial charge in [-0.25, -0.2) is 4.39 Å². The average Bonchev–Trinajstić information content (AvgIpc) is 2.94. The number of hydrogen-bond donors (Lipinski definition) is 1. The van der Waals surface area contributed by atoms with Gasteiger partial charge in [0.1, 0.15) is 5.82 Å². The van der Waals surface area contributed by atoms with Crippen LogP contribution in [0.4, 0.5) is 4.39 Å². The molecule has 2 aromatic carbocycles. The highest BCUT2D eigenvalue weighted by molar-refractivity contribution is 5.86. The molecule has 0 radical (unpaired) electrons. The number of fused-ring (bicyclic) bond motifs is 3. The van der Waals surface area contributed by atoms with Crippen molar-refractivity contribution in [3.05, 3.63) is 77.2 Å². The molecular weight excluding hydrogens is 323 g/mol. The number of aryl methyl sites for hydroxylation is 1. The van der Waals surface area contributed by atoms with Crippen LogP contribution in [0.15, 0.2) is 49.0 Å². The molecule has 0 unspecified atom stereocenters. The van der Waals surface area contributed by atoms with Crippen LogP contribution in [0.25, 0.3) is 16.5 Å². The summed E-state index contributed by atoms with van der Waals surface area (Å²) in [4.78, 5) is 6.08. The highest BCUT2D eigenvalue weighted by atomic mass is 19.1. The highest BCUT2D eigenvalue weighted by Gasteiger charge is 2.37. The summed E-state index contributed by atoms with van der Waals surface area (Å²) in [5.74, 6) is -0.210. The molecule has 26 heavy (non-hydrogen) atoms. The first-order chi connectivity index (χ1) is 12.4. The van der Waals surface area contributed by atoms with Crippen molar-refractivity contribution in [2.75, 3.05) is 13.6 Å². The molecule has 0 spiro atoms. The van der Waals surface area contributed by atoms with E-state index in [0.717, 1.165) is 30.6 Å². The molecule has 1 aromatic heterocycles. The van der Waals surface area contributed by atoms with E-state index in [1.807, 2.05) is 12.1 Å². The number of nitrogens with zero attached hydrogens (tertiary/aromatic N) is 1. The van der Waals surface area contributed by atoms with Crippen molar-refractivity contribution in [1.29, 1.82) is 0 Å². The van der Waals surface area contributed by atoms with Gasteiger partial charge < -0.3 is 9.88 Å². The molecule has 4 rings (SSSR count). The Bertz CT molecular complexity index is 983. The first kappa shape index (κ1) is 17.0. The van der Waals surface area contributed by atoms with Gasteiger partial charge in [-0.2, -0.15) is 0 Å². The normalized spacial score (nSPS) is 20.3. The van der Waals surface area contributed by atoms with Gasteiger partial charge in [-0.15, -0.1) is 0 Å². The van der Waals surface area contributed by atoms with Crippen molar-refractivity contribution in [1.82, 2.24) is 9.88 Å². The van der Waals surface area contributed by atoms with Crippen LogP contribution < -0.4 is 0 Å². The fourth-order valence-electron chi connectivity index (χ4n) is 4.44. The Balaban J connectivity index is 1.75. The van der Waals surface area contributed by atoms with E-state index in [1.165, 1.54) is 39.9 Å². The van der Waals surface area contributed by atoms with Crippen LogP contribution in [0.2, 0.25) is 0 Å². The first-order valence-corrected chi connectivity index (χ1v) is 9.10. The summed E-state index contributed by atoms with van der Waals surface area (Å²) < 4.78 is 13.2. The first-order valence-electron chi connectivity index (χ1n) is 9.10. The third-order valence-electron chi connectivity index (χ3n) is 5.57. The Morgan fingerprint density at radius 2 is 1.96 bits per heavy atom. The molecule has 0 saturated carbocycles. The number of nitrogens with one attached hydrogen (secondary N) is 1. The minimum absolute atomic E-state index is 0.0548. The maximum Gasteiger partial charge on any atom is 0.123 e. The van der Waals surface area contributed by atoms with Gasteiger partial charge in [-0.1, -0.05) is 37.3 Å². The van der Waals surface area contributed by atoms with Crippen LogP contribution in [0, 0.1) is 12.7 Å². The van der Waals surface area contributed by atoms with Crippen molar-refractivity contribution in [3.63, 3.8) is 0 Å². The quantitative estimate of drug-likeness (QED) is 0.669. The number of hydrogen-bond acceptors (Lipinski definition) is 1. The molecular formula is C23H25FN2. The van der Waals surface area contributed by atoms with Crippen molar-refractivity contribution >= 4 is 16.5 Å². The molecule has 0 bridgehead atoms. The summed E-state index contributed by atoms with van der Waals surface area (Å²) in [5.41, 5.74) is 7.20. The number of halogens is 1. The van der Waals surface area contributed by atoms with E-state index in [1.54, 1.807) is 0 Å². The van der Waals surface area contributed by atoms with Gasteiger partial charge in [0.05, 0.1) is 0 Å². The highest BCUT2D eigenvalue weighted by Crippen LogP contribution is 2.42. The number of likely N-dealkylation sites (N-methyl/N-ethyl adjacent to an activating group) is 1. The van der Waals surface area contributed by atoms with E-state index in [-0.39, 0.29) is 11.2 Å². The van der Waals surface area contributed by atoms with Crippen molar-refractivity contribution in [2.24, 2.45) is 0 Å². The minimum atomic E-state index is -0.210. The van der Waals surface area contributed by atoms with Crippen LogP contribution in [-0.2, 0) is 12.0 Å². The van der Waals surface area contributed by atoms with Crippen LogP contribution in [0.1, 0.15) is 35.7 Å². The summed E-state index contributed by atoms with van der Waals surface area (Å²) in [6, 6.07) is 13.3. The fourth-order valence-corrected chi connectivity index (χ4v) is 4.44. The minimum Gasteiger partial charge on any atom is -0.358 e. The summed E-state index contributed by atoms with van der Waals surface area (Å²) in [6.45, 7) is 10.7. The molecule has 1 N–H and O–H groups in total. The molecule has 3 aromatic rings. The lowest BCUT2D eigenvalue weighted by atomic mass is 9.75. The van der Waals surface area contributed by atoms with E-state index in [9.17, 15) is 4.39 Å². The average molecular weight is 348 g/mol. The zero-order valence-electron chi connectivity index (χ0n) is 15.7. The molecule has 1 atom stereocenters. The lowest BCUT2D eigenvalue weighted by molar-refractivity contribution is 0.223.